The number of aromatic nitrogens is 2. The number of rotatable bonds is 5. The lowest BCUT2D eigenvalue weighted by molar-refractivity contribution is -0.117. The van der Waals surface area contributed by atoms with Crippen molar-refractivity contribution in [2.24, 2.45) is 0 Å². The lowest BCUT2D eigenvalue weighted by atomic mass is 10.1. The Morgan fingerprint density at radius 2 is 2.11 bits per heavy atom. The number of benzene rings is 2. The minimum Gasteiger partial charge on any atom is -0.494 e. The van der Waals surface area contributed by atoms with Gasteiger partial charge in [-0.1, -0.05) is 35.0 Å². The second-order valence-corrected chi connectivity index (χ2v) is 7.11. The lowest BCUT2D eigenvalue weighted by Crippen LogP contribution is -2.25. The van der Waals surface area contributed by atoms with Crippen molar-refractivity contribution in [3.63, 3.8) is 0 Å². The Labute approximate surface area is 168 Å². The summed E-state index contributed by atoms with van der Waals surface area (Å²) >= 11 is 6.21. The zero-order chi connectivity index (χ0) is 19.7. The van der Waals surface area contributed by atoms with E-state index in [1.165, 1.54) is 0 Å². The smallest absolute Gasteiger partial charge is 0.232 e. The number of carbonyl (C=O) groups excluding carboxylic acids is 1. The third kappa shape index (κ3) is 3.47. The number of carbonyl (C=O) groups is 1. The van der Waals surface area contributed by atoms with Crippen LogP contribution in [0.3, 0.4) is 0 Å². The van der Waals surface area contributed by atoms with Crippen LogP contribution in [0.2, 0.25) is 5.02 Å². The highest BCUT2D eigenvalue weighted by Crippen LogP contribution is 2.35. The van der Waals surface area contributed by atoms with Gasteiger partial charge in [0.25, 0.3) is 0 Å². The van der Waals surface area contributed by atoms with E-state index in [-0.39, 0.29) is 11.8 Å². The van der Waals surface area contributed by atoms with Crippen LogP contribution < -0.4 is 9.64 Å². The van der Waals surface area contributed by atoms with Gasteiger partial charge >= 0.3 is 0 Å². The summed E-state index contributed by atoms with van der Waals surface area (Å²) in [6.45, 7) is 4.92. The Kier molecular flexibility index (Phi) is 5.05. The summed E-state index contributed by atoms with van der Waals surface area (Å²) in [6.07, 6.45) is 0.326. The van der Waals surface area contributed by atoms with Crippen molar-refractivity contribution in [2.45, 2.75) is 26.2 Å². The first-order valence-electron chi connectivity index (χ1n) is 9.19. The van der Waals surface area contributed by atoms with Gasteiger partial charge in [0.05, 0.1) is 12.5 Å². The fourth-order valence-electron chi connectivity index (χ4n) is 3.40. The predicted molar refractivity (Wildman–Crippen MR) is 107 cm³/mol. The van der Waals surface area contributed by atoms with E-state index in [9.17, 15) is 4.79 Å². The number of amides is 1. The zero-order valence-electron chi connectivity index (χ0n) is 15.7. The highest BCUT2D eigenvalue weighted by atomic mass is 35.5. The zero-order valence-corrected chi connectivity index (χ0v) is 16.4. The van der Waals surface area contributed by atoms with Crippen molar-refractivity contribution in [1.29, 1.82) is 0 Å². The number of ether oxygens (including phenoxy) is 1. The summed E-state index contributed by atoms with van der Waals surface area (Å²) in [4.78, 5) is 18.9. The predicted octanol–water partition coefficient (Wildman–Crippen LogP) is 4.62. The maximum atomic E-state index is 12.6. The molecule has 0 saturated carbocycles. The molecule has 1 aromatic heterocycles. The quantitative estimate of drug-likeness (QED) is 0.628. The van der Waals surface area contributed by atoms with Crippen LogP contribution in [0.25, 0.3) is 11.4 Å². The normalized spacial score (nSPS) is 16.6. The molecule has 3 aromatic rings. The average molecular weight is 398 g/mol. The van der Waals surface area contributed by atoms with Gasteiger partial charge < -0.3 is 14.2 Å². The standard InChI is InChI=1S/C21H20ClN3O3/c1-3-27-16-7-4-6-14(10-16)20-23-21(28-24-20)15-11-19(26)25(12-15)18-9-5-8-17(22)13(18)2/h4-10,15H,3,11-12H2,1-2H3. The first kappa shape index (κ1) is 18.5. The molecule has 1 amide bonds. The van der Waals surface area contributed by atoms with Crippen LogP contribution in [0.1, 0.15) is 30.7 Å². The van der Waals surface area contributed by atoms with Gasteiger partial charge in [-0.3, -0.25) is 4.79 Å². The van der Waals surface area contributed by atoms with E-state index in [2.05, 4.69) is 10.1 Å². The van der Waals surface area contributed by atoms with Gasteiger partial charge in [-0.25, -0.2) is 0 Å². The van der Waals surface area contributed by atoms with Gasteiger partial charge in [-0.2, -0.15) is 4.98 Å². The summed E-state index contributed by atoms with van der Waals surface area (Å²) in [5, 5.41) is 4.74. The molecule has 2 aromatic carbocycles. The van der Waals surface area contributed by atoms with Gasteiger partial charge in [0.2, 0.25) is 17.6 Å². The molecule has 1 unspecified atom stereocenters. The van der Waals surface area contributed by atoms with Gasteiger partial charge in [-0.15, -0.1) is 0 Å². The van der Waals surface area contributed by atoms with Crippen LogP contribution in [-0.4, -0.2) is 29.2 Å². The average Bonchev–Trinajstić information content (AvgIpc) is 3.32. The maximum absolute atomic E-state index is 12.6. The van der Waals surface area contributed by atoms with E-state index in [1.54, 1.807) is 4.90 Å². The lowest BCUT2D eigenvalue weighted by Gasteiger charge is -2.19. The summed E-state index contributed by atoms with van der Waals surface area (Å²) in [5.41, 5.74) is 2.52. The van der Waals surface area contributed by atoms with Crippen molar-refractivity contribution >= 4 is 23.2 Å². The van der Waals surface area contributed by atoms with Crippen molar-refractivity contribution in [3.05, 3.63) is 58.9 Å². The molecule has 1 aliphatic heterocycles. The molecule has 7 heteroatoms. The van der Waals surface area contributed by atoms with Crippen molar-refractivity contribution < 1.29 is 14.1 Å². The third-order valence-corrected chi connectivity index (χ3v) is 5.26. The topological polar surface area (TPSA) is 68.5 Å². The summed E-state index contributed by atoms with van der Waals surface area (Å²) in [7, 11) is 0. The molecule has 0 spiro atoms. The number of halogens is 1. The first-order valence-corrected chi connectivity index (χ1v) is 9.57. The van der Waals surface area contributed by atoms with Crippen LogP contribution in [0, 0.1) is 6.92 Å². The van der Waals surface area contributed by atoms with E-state index in [1.807, 2.05) is 56.3 Å². The fraction of sp³-hybridized carbons (Fsp3) is 0.286. The number of anilines is 1. The van der Waals surface area contributed by atoms with Crippen LogP contribution in [-0.2, 0) is 4.79 Å². The molecule has 1 fully saturated rings. The highest BCUT2D eigenvalue weighted by Gasteiger charge is 2.36. The molecular formula is C21H20ClN3O3. The molecule has 0 aliphatic carbocycles. The Morgan fingerprint density at radius 3 is 2.93 bits per heavy atom. The van der Waals surface area contributed by atoms with E-state index < -0.39 is 0 Å². The molecule has 1 saturated heterocycles. The summed E-state index contributed by atoms with van der Waals surface area (Å²) < 4.78 is 11.0. The monoisotopic (exact) mass is 397 g/mol. The third-order valence-electron chi connectivity index (χ3n) is 4.85. The number of hydrogen-bond donors (Lipinski definition) is 0. The molecule has 1 aliphatic rings. The molecule has 144 valence electrons. The number of nitrogens with zero attached hydrogens (tertiary/aromatic N) is 3. The Hall–Kier alpha value is -2.86. The van der Waals surface area contributed by atoms with E-state index >= 15 is 0 Å². The van der Waals surface area contributed by atoms with Crippen molar-refractivity contribution in [3.8, 4) is 17.1 Å². The van der Waals surface area contributed by atoms with Crippen molar-refractivity contribution in [1.82, 2.24) is 10.1 Å². The van der Waals surface area contributed by atoms with E-state index in [0.29, 0.717) is 36.3 Å². The molecule has 0 radical (unpaired) electrons. The molecule has 0 N–H and O–H groups in total. The van der Waals surface area contributed by atoms with E-state index in [4.69, 9.17) is 20.9 Å². The van der Waals surface area contributed by atoms with Crippen LogP contribution >= 0.6 is 11.6 Å². The van der Waals surface area contributed by atoms with Crippen LogP contribution in [0.5, 0.6) is 5.75 Å². The molecule has 0 bridgehead atoms. The second kappa shape index (κ2) is 7.64. The maximum Gasteiger partial charge on any atom is 0.232 e. The molecule has 28 heavy (non-hydrogen) atoms. The van der Waals surface area contributed by atoms with Crippen LogP contribution in [0.15, 0.2) is 47.0 Å². The van der Waals surface area contributed by atoms with E-state index in [0.717, 1.165) is 22.6 Å². The fourth-order valence-corrected chi connectivity index (χ4v) is 3.57. The first-order chi connectivity index (χ1) is 13.6. The van der Waals surface area contributed by atoms with Gasteiger partial charge in [0, 0.05) is 29.2 Å². The van der Waals surface area contributed by atoms with Crippen molar-refractivity contribution in [2.75, 3.05) is 18.1 Å². The second-order valence-electron chi connectivity index (χ2n) is 6.71. The molecule has 4 rings (SSSR count). The van der Waals surface area contributed by atoms with Gasteiger partial charge in [0.1, 0.15) is 5.75 Å². The Balaban J connectivity index is 1.56. The minimum atomic E-state index is -0.151. The Morgan fingerprint density at radius 1 is 1.29 bits per heavy atom. The largest absolute Gasteiger partial charge is 0.494 e. The summed E-state index contributed by atoms with van der Waals surface area (Å²) in [6, 6.07) is 13.1. The van der Waals surface area contributed by atoms with Gasteiger partial charge in [0.15, 0.2) is 0 Å². The molecule has 1 atom stereocenters. The SMILES string of the molecule is CCOc1cccc(-c2noc(C3CC(=O)N(c4cccc(Cl)c4C)C3)n2)c1. The minimum absolute atomic E-state index is 0.0217. The van der Waals surface area contributed by atoms with Crippen LogP contribution in [0.4, 0.5) is 5.69 Å². The Bertz CT molecular complexity index is 1020. The molecular weight excluding hydrogens is 378 g/mol. The molecule has 6 nitrogen and oxygen atoms in total. The summed E-state index contributed by atoms with van der Waals surface area (Å²) in [5.74, 6) is 1.58. The number of hydrogen-bond acceptors (Lipinski definition) is 5. The van der Waals surface area contributed by atoms with Gasteiger partial charge in [-0.05, 0) is 43.7 Å². The highest BCUT2D eigenvalue weighted by molar-refractivity contribution is 6.31. The molecule has 2 heterocycles.